The Labute approximate surface area is 137 Å². The molecule has 0 aromatic heterocycles. The molecule has 2 aromatic carbocycles. The molecule has 3 heteroatoms. The molecule has 1 fully saturated rings. The number of carbonyl (C=O) groups excluding carboxylic acids is 1. The fraction of sp³-hybridized carbons (Fsp3) is 0.250. The summed E-state index contributed by atoms with van der Waals surface area (Å²) in [4.78, 5) is 15.9. The zero-order valence-corrected chi connectivity index (χ0v) is 13.3. The van der Waals surface area contributed by atoms with Gasteiger partial charge in [-0.25, -0.2) is 0 Å². The summed E-state index contributed by atoms with van der Waals surface area (Å²) in [5.41, 5.74) is 2.03. The second-order valence-electron chi connectivity index (χ2n) is 5.93. The monoisotopic (exact) mass is 307 g/mol. The summed E-state index contributed by atoms with van der Waals surface area (Å²) < 4.78 is 0. The summed E-state index contributed by atoms with van der Waals surface area (Å²) in [6.45, 7) is 4.71. The summed E-state index contributed by atoms with van der Waals surface area (Å²) in [6, 6.07) is 19.9. The minimum absolute atomic E-state index is 0.157. The number of nitrogens with one attached hydrogen (secondary N) is 1. The second-order valence-corrected chi connectivity index (χ2v) is 5.93. The third kappa shape index (κ3) is 4.30. The van der Waals surface area contributed by atoms with Crippen molar-refractivity contribution in [1.82, 2.24) is 4.90 Å². The fourth-order valence-electron chi connectivity index (χ4n) is 2.92. The summed E-state index contributed by atoms with van der Waals surface area (Å²) >= 11 is 0. The van der Waals surface area contributed by atoms with Gasteiger partial charge >= 0.3 is 0 Å². The Morgan fingerprint density at radius 2 is 1.57 bits per heavy atom. The minimum Gasteiger partial charge on any atom is -0.329 e. The van der Waals surface area contributed by atoms with E-state index in [0.29, 0.717) is 0 Å². The van der Waals surface area contributed by atoms with Gasteiger partial charge in [-0.3, -0.25) is 4.79 Å². The van der Waals surface area contributed by atoms with Crippen LogP contribution in [0.1, 0.15) is 15.9 Å². The number of quaternary nitrogens is 1. The topological polar surface area (TPSA) is 24.8 Å². The van der Waals surface area contributed by atoms with E-state index in [9.17, 15) is 4.79 Å². The molecule has 0 atom stereocenters. The third-order valence-electron chi connectivity index (χ3n) is 4.29. The van der Waals surface area contributed by atoms with Crippen LogP contribution in [0.25, 0.3) is 6.08 Å². The molecular formula is C20H23N2O+. The van der Waals surface area contributed by atoms with E-state index in [1.807, 2.05) is 41.3 Å². The van der Waals surface area contributed by atoms with Gasteiger partial charge in [-0.05, 0) is 23.8 Å². The van der Waals surface area contributed by atoms with E-state index in [1.165, 1.54) is 10.5 Å². The fourth-order valence-corrected chi connectivity index (χ4v) is 2.92. The van der Waals surface area contributed by atoms with Gasteiger partial charge < -0.3 is 9.80 Å². The average molecular weight is 307 g/mol. The van der Waals surface area contributed by atoms with Crippen molar-refractivity contribution in [1.29, 1.82) is 0 Å². The second kappa shape index (κ2) is 7.75. The zero-order chi connectivity index (χ0) is 15.9. The Balaban J connectivity index is 1.47. The smallest absolute Gasteiger partial charge is 0.254 e. The number of carbonyl (C=O) groups is 1. The molecule has 0 unspecified atom stereocenters. The van der Waals surface area contributed by atoms with Gasteiger partial charge in [0, 0.05) is 5.56 Å². The van der Waals surface area contributed by atoms with Gasteiger partial charge in [0.2, 0.25) is 0 Å². The molecule has 2 aromatic rings. The summed E-state index contributed by atoms with van der Waals surface area (Å²) in [7, 11) is 0. The van der Waals surface area contributed by atoms with Gasteiger partial charge in [-0.1, -0.05) is 54.6 Å². The van der Waals surface area contributed by atoms with Gasteiger partial charge in [0.05, 0.1) is 32.7 Å². The van der Waals surface area contributed by atoms with E-state index in [2.05, 4.69) is 36.4 Å². The predicted molar refractivity (Wildman–Crippen MR) is 93.4 cm³/mol. The zero-order valence-electron chi connectivity index (χ0n) is 13.3. The van der Waals surface area contributed by atoms with Gasteiger partial charge in [0.25, 0.3) is 5.91 Å². The van der Waals surface area contributed by atoms with Crippen LogP contribution in [0.3, 0.4) is 0 Å². The average Bonchev–Trinajstić information content (AvgIpc) is 2.63. The van der Waals surface area contributed by atoms with Crippen LogP contribution in [0.15, 0.2) is 66.7 Å². The Hall–Kier alpha value is -2.39. The number of hydrogen-bond donors (Lipinski definition) is 1. The summed E-state index contributed by atoms with van der Waals surface area (Å²) in [5, 5.41) is 0. The van der Waals surface area contributed by atoms with Crippen molar-refractivity contribution in [2.24, 2.45) is 0 Å². The van der Waals surface area contributed by atoms with E-state index < -0.39 is 0 Å². The number of piperazine rings is 1. The van der Waals surface area contributed by atoms with Crippen LogP contribution in [0.5, 0.6) is 0 Å². The molecule has 1 aliphatic rings. The highest BCUT2D eigenvalue weighted by atomic mass is 16.2. The van der Waals surface area contributed by atoms with Crippen LogP contribution in [0, 0.1) is 0 Å². The number of benzene rings is 2. The molecule has 1 saturated heterocycles. The highest BCUT2D eigenvalue weighted by Gasteiger charge is 2.23. The SMILES string of the molecule is O=C(c1ccccc1)N1CC[NH+](CC=Cc2ccccc2)CC1. The van der Waals surface area contributed by atoms with Crippen LogP contribution in [-0.4, -0.2) is 43.5 Å². The normalized spacial score (nSPS) is 15.9. The molecule has 1 aliphatic heterocycles. The summed E-state index contributed by atoms with van der Waals surface area (Å²) in [5.74, 6) is 0.157. The first-order valence-electron chi connectivity index (χ1n) is 8.22. The lowest BCUT2D eigenvalue weighted by atomic mass is 10.2. The number of nitrogens with zero attached hydrogens (tertiary/aromatic N) is 1. The maximum atomic E-state index is 12.4. The Bertz CT molecular complexity index is 644. The molecule has 118 valence electrons. The largest absolute Gasteiger partial charge is 0.329 e. The van der Waals surface area contributed by atoms with E-state index in [0.717, 1.165) is 38.3 Å². The van der Waals surface area contributed by atoms with Gasteiger partial charge in [0.15, 0.2) is 0 Å². The van der Waals surface area contributed by atoms with Crippen molar-refractivity contribution in [2.75, 3.05) is 32.7 Å². The van der Waals surface area contributed by atoms with E-state index in [1.54, 1.807) is 0 Å². The number of amides is 1. The maximum Gasteiger partial charge on any atom is 0.254 e. The first-order chi connectivity index (χ1) is 11.3. The Morgan fingerprint density at radius 1 is 0.957 bits per heavy atom. The van der Waals surface area contributed by atoms with Crippen molar-refractivity contribution in [2.45, 2.75) is 0 Å². The quantitative estimate of drug-likeness (QED) is 0.914. The highest BCUT2D eigenvalue weighted by Crippen LogP contribution is 2.04. The molecule has 1 N–H and O–H groups in total. The van der Waals surface area contributed by atoms with Crippen molar-refractivity contribution in [3.05, 3.63) is 77.9 Å². The lowest BCUT2D eigenvalue weighted by molar-refractivity contribution is -0.898. The molecule has 23 heavy (non-hydrogen) atoms. The van der Waals surface area contributed by atoms with Crippen molar-refractivity contribution < 1.29 is 9.69 Å². The molecule has 1 heterocycles. The molecule has 1 amide bonds. The van der Waals surface area contributed by atoms with Crippen molar-refractivity contribution in [3.63, 3.8) is 0 Å². The summed E-state index contributed by atoms with van der Waals surface area (Å²) in [6.07, 6.45) is 4.41. The Kier molecular flexibility index (Phi) is 5.22. The lowest BCUT2D eigenvalue weighted by Gasteiger charge is -2.31. The van der Waals surface area contributed by atoms with E-state index >= 15 is 0 Å². The Morgan fingerprint density at radius 3 is 2.22 bits per heavy atom. The predicted octanol–water partition coefficient (Wildman–Crippen LogP) is 1.74. The maximum absolute atomic E-state index is 12.4. The van der Waals surface area contributed by atoms with Crippen LogP contribution < -0.4 is 4.90 Å². The highest BCUT2D eigenvalue weighted by molar-refractivity contribution is 5.94. The first-order valence-corrected chi connectivity index (χ1v) is 8.22. The van der Waals surface area contributed by atoms with Crippen molar-refractivity contribution in [3.8, 4) is 0 Å². The third-order valence-corrected chi connectivity index (χ3v) is 4.29. The molecule has 0 radical (unpaired) electrons. The molecular weight excluding hydrogens is 284 g/mol. The van der Waals surface area contributed by atoms with E-state index in [-0.39, 0.29) is 5.91 Å². The first kappa shape index (κ1) is 15.5. The number of hydrogen-bond acceptors (Lipinski definition) is 1. The standard InChI is InChI=1S/C20H22N2O/c23-20(19-11-5-2-6-12-19)22-16-14-21(15-17-22)13-7-10-18-8-3-1-4-9-18/h1-12H,13-17H2/p+1. The van der Waals surface area contributed by atoms with Crippen LogP contribution >= 0.6 is 0 Å². The van der Waals surface area contributed by atoms with E-state index in [4.69, 9.17) is 0 Å². The van der Waals surface area contributed by atoms with Gasteiger partial charge in [-0.15, -0.1) is 0 Å². The van der Waals surface area contributed by atoms with Crippen LogP contribution in [-0.2, 0) is 0 Å². The van der Waals surface area contributed by atoms with Crippen molar-refractivity contribution >= 4 is 12.0 Å². The minimum atomic E-state index is 0.157. The molecule has 0 spiro atoms. The molecule has 0 aliphatic carbocycles. The van der Waals surface area contributed by atoms with Crippen LogP contribution in [0.2, 0.25) is 0 Å². The van der Waals surface area contributed by atoms with Crippen LogP contribution in [0.4, 0.5) is 0 Å². The lowest BCUT2D eigenvalue weighted by Crippen LogP contribution is -3.14. The van der Waals surface area contributed by atoms with Gasteiger partial charge in [0.1, 0.15) is 0 Å². The number of rotatable bonds is 4. The molecule has 0 saturated carbocycles. The van der Waals surface area contributed by atoms with Gasteiger partial charge in [-0.2, -0.15) is 0 Å². The molecule has 0 bridgehead atoms. The molecule has 3 nitrogen and oxygen atoms in total. The molecule has 3 rings (SSSR count).